The zero-order valence-electron chi connectivity index (χ0n) is 8.20. The highest BCUT2D eigenvalue weighted by molar-refractivity contribution is 9.10. The van der Waals surface area contributed by atoms with E-state index in [-0.39, 0.29) is 0 Å². The SMILES string of the molecule is Cc1nc(Br)cc(-n2cc(Cl)c(C)n2)n1. The van der Waals surface area contributed by atoms with Crippen LogP contribution in [0.5, 0.6) is 0 Å². The van der Waals surface area contributed by atoms with Crippen LogP contribution in [0.25, 0.3) is 5.82 Å². The smallest absolute Gasteiger partial charge is 0.158 e. The van der Waals surface area contributed by atoms with E-state index in [1.54, 1.807) is 16.9 Å². The Morgan fingerprint density at radius 1 is 1.33 bits per heavy atom. The summed E-state index contributed by atoms with van der Waals surface area (Å²) >= 11 is 9.23. The Labute approximate surface area is 100 Å². The lowest BCUT2D eigenvalue weighted by Gasteiger charge is -2.01. The average Bonchev–Trinajstić information content (AvgIpc) is 2.45. The van der Waals surface area contributed by atoms with Crippen molar-refractivity contribution in [3.05, 3.63) is 33.4 Å². The van der Waals surface area contributed by atoms with Crippen LogP contribution in [-0.2, 0) is 0 Å². The van der Waals surface area contributed by atoms with Crippen molar-refractivity contribution >= 4 is 27.5 Å². The van der Waals surface area contributed by atoms with Gasteiger partial charge in [-0.3, -0.25) is 0 Å². The molecule has 0 aliphatic carbocycles. The molecule has 0 aliphatic heterocycles. The minimum atomic E-state index is 0.627. The highest BCUT2D eigenvalue weighted by atomic mass is 79.9. The molecule has 2 aromatic rings. The molecule has 4 nitrogen and oxygen atoms in total. The standard InChI is InChI=1S/C9H8BrClN4/c1-5-7(11)4-15(14-5)9-3-8(10)12-6(2)13-9/h3-4H,1-2H3. The maximum absolute atomic E-state index is 5.92. The summed E-state index contributed by atoms with van der Waals surface area (Å²) in [6.45, 7) is 3.67. The fourth-order valence-corrected chi connectivity index (χ4v) is 1.78. The van der Waals surface area contributed by atoms with Crippen molar-refractivity contribution in [2.24, 2.45) is 0 Å². The Hall–Kier alpha value is -0.940. The van der Waals surface area contributed by atoms with E-state index in [2.05, 4.69) is 31.0 Å². The van der Waals surface area contributed by atoms with Crippen LogP contribution in [-0.4, -0.2) is 19.7 Å². The molecule has 0 spiro atoms. The van der Waals surface area contributed by atoms with Crippen LogP contribution in [0.1, 0.15) is 11.5 Å². The van der Waals surface area contributed by atoms with Crippen LogP contribution in [0.4, 0.5) is 0 Å². The van der Waals surface area contributed by atoms with Gasteiger partial charge in [0.1, 0.15) is 10.4 Å². The fourth-order valence-electron chi connectivity index (χ4n) is 1.19. The monoisotopic (exact) mass is 286 g/mol. The van der Waals surface area contributed by atoms with Gasteiger partial charge in [0, 0.05) is 6.07 Å². The fraction of sp³-hybridized carbons (Fsp3) is 0.222. The Balaban J connectivity index is 2.53. The van der Waals surface area contributed by atoms with E-state index in [0.29, 0.717) is 16.7 Å². The van der Waals surface area contributed by atoms with Gasteiger partial charge in [0.15, 0.2) is 5.82 Å². The average molecular weight is 288 g/mol. The van der Waals surface area contributed by atoms with Crippen LogP contribution in [0.15, 0.2) is 16.9 Å². The zero-order valence-corrected chi connectivity index (χ0v) is 10.5. The Kier molecular flexibility index (Phi) is 2.75. The number of aromatic nitrogens is 4. The lowest BCUT2D eigenvalue weighted by atomic mass is 10.5. The number of aryl methyl sites for hydroxylation is 2. The summed E-state index contributed by atoms with van der Waals surface area (Å²) in [5.41, 5.74) is 0.782. The molecule has 0 radical (unpaired) electrons. The minimum absolute atomic E-state index is 0.627. The summed E-state index contributed by atoms with van der Waals surface area (Å²) in [4.78, 5) is 8.38. The molecule has 0 aliphatic rings. The summed E-state index contributed by atoms with van der Waals surface area (Å²) in [6.07, 6.45) is 1.73. The number of hydrogen-bond donors (Lipinski definition) is 0. The third kappa shape index (κ3) is 2.18. The summed E-state index contributed by atoms with van der Waals surface area (Å²) in [5, 5.41) is 4.86. The molecule has 2 aromatic heterocycles. The van der Waals surface area contributed by atoms with Gasteiger partial charge < -0.3 is 0 Å². The molecule has 0 bridgehead atoms. The molecule has 78 valence electrons. The highest BCUT2D eigenvalue weighted by Gasteiger charge is 2.06. The number of nitrogens with zero attached hydrogens (tertiary/aromatic N) is 4. The Bertz CT molecular complexity index is 469. The quantitative estimate of drug-likeness (QED) is 0.758. The van der Waals surface area contributed by atoms with Gasteiger partial charge in [0.25, 0.3) is 0 Å². The molecule has 2 rings (SSSR count). The molecule has 0 unspecified atom stereocenters. The van der Waals surface area contributed by atoms with Crippen molar-refractivity contribution in [1.82, 2.24) is 19.7 Å². The second-order valence-electron chi connectivity index (χ2n) is 3.10. The third-order valence-corrected chi connectivity index (χ3v) is 2.64. The molecule has 0 amide bonds. The lowest BCUT2D eigenvalue weighted by Crippen LogP contribution is -2.01. The maximum Gasteiger partial charge on any atom is 0.158 e. The molecule has 0 aromatic carbocycles. The third-order valence-electron chi connectivity index (χ3n) is 1.87. The van der Waals surface area contributed by atoms with E-state index in [9.17, 15) is 0 Å². The first-order valence-electron chi connectivity index (χ1n) is 4.29. The highest BCUT2D eigenvalue weighted by Crippen LogP contribution is 2.17. The van der Waals surface area contributed by atoms with E-state index >= 15 is 0 Å². The summed E-state index contributed by atoms with van der Waals surface area (Å²) < 4.78 is 2.37. The van der Waals surface area contributed by atoms with Crippen molar-refractivity contribution in [3.8, 4) is 5.82 Å². The van der Waals surface area contributed by atoms with Crippen molar-refractivity contribution in [2.45, 2.75) is 13.8 Å². The molecule has 6 heteroatoms. The van der Waals surface area contributed by atoms with Crippen molar-refractivity contribution in [2.75, 3.05) is 0 Å². The Morgan fingerprint density at radius 2 is 2.07 bits per heavy atom. The van der Waals surface area contributed by atoms with Gasteiger partial charge in [-0.1, -0.05) is 11.6 Å². The second kappa shape index (κ2) is 3.90. The molecule has 0 saturated carbocycles. The first kappa shape index (κ1) is 10.6. The summed E-state index contributed by atoms with van der Waals surface area (Å²) in [5.74, 6) is 1.38. The molecule has 0 fully saturated rings. The van der Waals surface area contributed by atoms with E-state index < -0.39 is 0 Å². The predicted molar refractivity (Wildman–Crippen MR) is 61.3 cm³/mol. The van der Waals surface area contributed by atoms with Crippen molar-refractivity contribution in [1.29, 1.82) is 0 Å². The van der Waals surface area contributed by atoms with Gasteiger partial charge in [-0.15, -0.1) is 0 Å². The minimum Gasteiger partial charge on any atom is -0.226 e. The van der Waals surface area contributed by atoms with E-state index in [1.807, 2.05) is 13.8 Å². The number of hydrogen-bond acceptors (Lipinski definition) is 3. The molecule has 2 heterocycles. The summed E-state index contributed by atoms with van der Waals surface area (Å²) in [7, 11) is 0. The van der Waals surface area contributed by atoms with Crippen molar-refractivity contribution < 1.29 is 0 Å². The summed E-state index contributed by atoms with van der Waals surface area (Å²) in [6, 6.07) is 1.79. The lowest BCUT2D eigenvalue weighted by molar-refractivity contribution is 0.813. The Morgan fingerprint density at radius 3 is 2.60 bits per heavy atom. The number of rotatable bonds is 1. The molecule has 0 saturated heterocycles. The number of halogens is 2. The first-order chi connectivity index (χ1) is 7.06. The van der Waals surface area contributed by atoms with Crippen LogP contribution >= 0.6 is 27.5 Å². The van der Waals surface area contributed by atoms with Gasteiger partial charge in [-0.05, 0) is 29.8 Å². The van der Waals surface area contributed by atoms with Gasteiger partial charge in [-0.25, -0.2) is 14.6 Å². The molecule has 0 atom stereocenters. The van der Waals surface area contributed by atoms with Gasteiger partial charge in [0.05, 0.1) is 16.9 Å². The van der Waals surface area contributed by atoms with Crippen LogP contribution < -0.4 is 0 Å². The van der Waals surface area contributed by atoms with Gasteiger partial charge in [-0.2, -0.15) is 5.10 Å². The topological polar surface area (TPSA) is 43.6 Å². The van der Waals surface area contributed by atoms with E-state index in [4.69, 9.17) is 11.6 Å². The molecule has 15 heavy (non-hydrogen) atoms. The van der Waals surface area contributed by atoms with Gasteiger partial charge >= 0.3 is 0 Å². The van der Waals surface area contributed by atoms with Crippen LogP contribution in [0, 0.1) is 13.8 Å². The predicted octanol–water partition coefficient (Wildman–Crippen LogP) is 2.70. The molecule has 0 N–H and O–H groups in total. The maximum atomic E-state index is 5.92. The van der Waals surface area contributed by atoms with Crippen LogP contribution in [0.2, 0.25) is 5.02 Å². The normalized spacial score (nSPS) is 10.7. The molecular formula is C9H8BrClN4. The van der Waals surface area contributed by atoms with Gasteiger partial charge in [0.2, 0.25) is 0 Å². The van der Waals surface area contributed by atoms with Crippen LogP contribution in [0.3, 0.4) is 0 Å². The first-order valence-corrected chi connectivity index (χ1v) is 5.46. The molecular weight excluding hydrogens is 279 g/mol. The second-order valence-corrected chi connectivity index (χ2v) is 4.32. The van der Waals surface area contributed by atoms with E-state index in [0.717, 1.165) is 10.3 Å². The van der Waals surface area contributed by atoms with E-state index in [1.165, 1.54) is 0 Å². The largest absolute Gasteiger partial charge is 0.226 e. The van der Waals surface area contributed by atoms with Crippen molar-refractivity contribution in [3.63, 3.8) is 0 Å². The zero-order chi connectivity index (χ0) is 11.0.